The number of rotatable bonds is 4. The summed E-state index contributed by atoms with van der Waals surface area (Å²) in [6, 6.07) is 9.19. The Morgan fingerprint density at radius 3 is 2.62 bits per heavy atom. The largest absolute Gasteiger partial charge is 0.467 e. The van der Waals surface area contributed by atoms with Gasteiger partial charge in [-0.1, -0.05) is 37.5 Å². The van der Waals surface area contributed by atoms with E-state index in [4.69, 9.17) is 10.5 Å². The van der Waals surface area contributed by atoms with Crippen LogP contribution >= 0.6 is 0 Å². The zero-order chi connectivity index (χ0) is 18.7. The van der Waals surface area contributed by atoms with Gasteiger partial charge in [0.15, 0.2) is 5.69 Å². The van der Waals surface area contributed by atoms with E-state index in [0.29, 0.717) is 5.52 Å². The van der Waals surface area contributed by atoms with Crippen LogP contribution in [0, 0.1) is 5.92 Å². The van der Waals surface area contributed by atoms with Gasteiger partial charge in [-0.2, -0.15) is 0 Å². The highest BCUT2D eigenvalue weighted by atomic mass is 16.5. The lowest BCUT2D eigenvalue weighted by molar-refractivity contribution is -0.150. The summed E-state index contributed by atoms with van der Waals surface area (Å²) in [7, 11) is 1.35. The average molecular weight is 355 g/mol. The number of nitrogens with one attached hydrogen (secondary N) is 1. The second-order valence-corrected chi connectivity index (χ2v) is 7.10. The van der Waals surface area contributed by atoms with Gasteiger partial charge in [-0.3, -0.25) is 4.79 Å². The number of aromatic nitrogens is 1. The number of benzene rings is 1. The maximum atomic E-state index is 12.9. The number of ether oxygens (including phenoxy) is 1. The molecule has 1 saturated carbocycles. The third-order valence-corrected chi connectivity index (χ3v) is 5.37. The SMILES string of the molecule is COC(=O)C(C)(NC(=O)c1nc2ccccc2cc1N)C1CCCCC1. The number of fused-ring (bicyclic) bond motifs is 1. The molecule has 1 fully saturated rings. The lowest BCUT2D eigenvalue weighted by Crippen LogP contribution is -2.58. The highest BCUT2D eigenvalue weighted by Gasteiger charge is 2.44. The Bertz CT molecular complexity index is 830. The molecule has 1 atom stereocenters. The number of carbonyl (C=O) groups excluding carboxylic acids is 2. The molecule has 0 radical (unpaired) electrons. The van der Waals surface area contributed by atoms with Crippen molar-refractivity contribution in [1.82, 2.24) is 10.3 Å². The van der Waals surface area contributed by atoms with Crippen LogP contribution < -0.4 is 11.1 Å². The Kier molecular flexibility index (Phi) is 5.11. The fraction of sp³-hybridized carbons (Fsp3) is 0.450. The molecule has 138 valence electrons. The van der Waals surface area contributed by atoms with E-state index in [-0.39, 0.29) is 17.3 Å². The highest BCUT2D eigenvalue weighted by molar-refractivity contribution is 6.02. The monoisotopic (exact) mass is 355 g/mol. The van der Waals surface area contributed by atoms with Crippen LogP contribution in [0.25, 0.3) is 10.9 Å². The number of hydrogen-bond acceptors (Lipinski definition) is 5. The van der Waals surface area contributed by atoms with Gasteiger partial charge in [-0.15, -0.1) is 0 Å². The minimum absolute atomic E-state index is 0.0364. The molecule has 0 aliphatic heterocycles. The molecule has 2 aromatic rings. The van der Waals surface area contributed by atoms with E-state index < -0.39 is 17.4 Å². The number of nitrogens with two attached hydrogens (primary N) is 1. The molecule has 1 aliphatic rings. The van der Waals surface area contributed by atoms with Gasteiger partial charge < -0.3 is 15.8 Å². The number of anilines is 1. The van der Waals surface area contributed by atoms with Crippen LogP contribution in [0.1, 0.15) is 49.5 Å². The summed E-state index contributed by atoms with van der Waals surface area (Å²) in [6.07, 6.45) is 5.01. The number of amides is 1. The standard InChI is InChI=1S/C20H25N3O3/c1-20(19(25)26-2,14-9-4-3-5-10-14)23-18(24)17-15(21)12-13-8-6-7-11-16(13)22-17/h6-8,11-12,14H,3-5,9-10,21H2,1-2H3,(H,23,24). The van der Waals surface area contributed by atoms with E-state index in [1.54, 1.807) is 13.0 Å². The summed E-state index contributed by atoms with van der Waals surface area (Å²) >= 11 is 0. The molecule has 1 aromatic carbocycles. The predicted molar refractivity (Wildman–Crippen MR) is 101 cm³/mol. The molecule has 1 unspecified atom stereocenters. The molecule has 1 heterocycles. The maximum absolute atomic E-state index is 12.9. The van der Waals surface area contributed by atoms with E-state index >= 15 is 0 Å². The van der Waals surface area contributed by atoms with Crippen molar-refractivity contribution < 1.29 is 14.3 Å². The molecule has 3 N–H and O–H groups in total. The van der Waals surface area contributed by atoms with Crippen LogP contribution in [0.3, 0.4) is 0 Å². The summed E-state index contributed by atoms with van der Waals surface area (Å²) in [5.74, 6) is -0.849. The zero-order valence-corrected chi connectivity index (χ0v) is 15.2. The van der Waals surface area contributed by atoms with Crippen molar-refractivity contribution in [2.24, 2.45) is 5.92 Å². The van der Waals surface area contributed by atoms with Crippen LogP contribution in [0.15, 0.2) is 30.3 Å². The van der Waals surface area contributed by atoms with Crippen LogP contribution in [0.2, 0.25) is 0 Å². The minimum Gasteiger partial charge on any atom is -0.467 e. The van der Waals surface area contributed by atoms with Gasteiger partial charge in [-0.05, 0) is 37.8 Å². The third-order valence-electron chi connectivity index (χ3n) is 5.37. The molecule has 26 heavy (non-hydrogen) atoms. The molecule has 1 aliphatic carbocycles. The Morgan fingerprint density at radius 2 is 1.92 bits per heavy atom. The second-order valence-electron chi connectivity index (χ2n) is 7.10. The van der Waals surface area contributed by atoms with Crippen molar-refractivity contribution >= 4 is 28.5 Å². The van der Waals surface area contributed by atoms with Gasteiger partial charge >= 0.3 is 5.97 Å². The first-order valence-electron chi connectivity index (χ1n) is 9.02. The molecular formula is C20H25N3O3. The minimum atomic E-state index is -1.09. The molecule has 6 nitrogen and oxygen atoms in total. The third kappa shape index (κ3) is 3.36. The van der Waals surface area contributed by atoms with E-state index in [0.717, 1.165) is 37.5 Å². The number of hydrogen-bond donors (Lipinski definition) is 2. The Morgan fingerprint density at radius 1 is 1.23 bits per heavy atom. The van der Waals surface area contributed by atoms with Crippen molar-refractivity contribution in [3.8, 4) is 0 Å². The van der Waals surface area contributed by atoms with Gasteiger partial charge in [0.05, 0.1) is 18.3 Å². The van der Waals surface area contributed by atoms with Crippen molar-refractivity contribution in [1.29, 1.82) is 0 Å². The maximum Gasteiger partial charge on any atom is 0.331 e. The first kappa shape index (κ1) is 18.2. The van der Waals surface area contributed by atoms with E-state index in [2.05, 4.69) is 10.3 Å². The van der Waals surface area contributed by atoms with E-state index in [9.17, 15) is 9.59 Å². The summed E-state index contributed by atoms with van der Waals surface area (Å²) in [4.78, 5) is 29.8. The number of esters is 1. The second kappa shape index (κ2) is 7.32. The predicted octanol–water partition coefficient (Wildman–Crippen LogP) is 3.06. The topological polar surface area (TPSA) is 94.3 Å². The van der Waals surface area contributed by atoms with E-state index in [1.807, 2.05) is 24.3 Å². The molecule has 0 spiro atoms. The molecule has 1 aromatic heterocycles. The molecule has 3 rings (SSSR count). The Balaban J connectivity index is 1.92. The van der Waals surface area contributed by atoms with E-state index in [1.165, 1.54) is 7.11 Å². The van der Waals surface area contributed by atoms with Gasteiger partial charge in [0.2, 0.25) is 0 Å². The highest BCUT2D eigenvalue weighted by Crippen LogP contribution is 2.34. The molecular weight excluding hydrogens is 330 g/mol. The lowest BCUT2D eigenvalue weighted by atomic mass is 9.75. The van der Waals surface area contributed by atoms with Gasteiger partial charge in [0.1, 0.15) is 5.54 Å². The van der Waals surface area contributed by atoms with Crippen LogP contribution in [-0.4, -0.2) is 29.5 Å². The van der Waals surface area contributed by atoms with Crippen LogP contribution in [-0.2, 0) is 9.53 Å². The summed E-state index contributed by atoms with van der Waals surface area (Å²) in [5.41, 5.74) is 6.07. The number of methoxy groups -OCH3 is 1. The lowest BCUT2D eigenvalue weighted by Gasteiger charge is -2.38. The normalized spacial score (nSPS) is 17.5. The average Bonchev–Trinajstić information content (AvgIpc) is 2.67. The molecule has 6 heteroatoms. The van der Waals surface area contributed by atoms with Crippen molar-refractivity contribution in [2.75, 3.05) is 12.8 Å². The van der Waals surface area contributed by atoms with Crippen molar-refractivity contribution in [3.63, 3.8) is 0 Å². The molecule has 0 saturated heterocycles. The number of pyridine rings is 1. The zero-order valence-electron chi connectivity index (χ0n) is 15.2. The molecule has 0 bridgehead atoms. The summed E-state index contributed by atoms with van der Waals surface area (Å²) < 4.78 is 5.00. The van der Waals surface area contributed by atoms with Gasteiger partial charge in [0, 0.05) is 5.39 Å². The van der Waals surface area contributed by atoms with Gasteiger partial charge in [0.25, 0.3) is 5.91 Å². The number of nitrogens with zero attached hydrogens (tertiary/aromatic N) is 1. The quantitative estimate of drug-likeness (QED) is 0.822. The number of para-hydroxylation sites is 1. The summed E-state index contributed by atoms with van der Waals surface area (Å²) in [6.45, 7) is 1.74. The number of carbonyl (C=O) groups is 2. The van der Waals surface area contributed by atoms with Crippen molar-refractivity contribution in [2.45, 2.75) is 44.6 Å². The fourth-order valence-corrected chi connectivity index (χ4v) is 3.82. The Labute approximate surface area is 153 Å². The van der Waals surface area contributed by atoms with Crippen molar-refractivity contribution in [3.05, 3.63) is 36.0 Å². The first-order valence-corrected chi connectivity index (χ1v) is 9.02. The first-order chi connectivity index (χ1) is 12.5. The van der Waals surface area contributed by atoms with Gasteiger partial charge in [-0.25, -0.2) is 9.78 Å². The Hall–Kier alpha value is -2.63. The van der Waals surface area contributed by atoms with Crippen LogP contribution in [0.5, 0.6) is 0 Å². The summed E-state index contributed by atoms with van der Waals surface area (Å²) in [5, 5.41) is 3.74. The smallest absolute Gasteiger partial charge is 0.331 e. The van der Waals surface area contributed by atoms with Crippen LogP contribution in [0.4, 0.5) is 5.69 Å². The molecule has 1 amide bonds. The fourth-order valence-electron chi connectivity index (χ4n) is 3.82. The number of nitrogen functional groups attached to an aromatic ring is 1.